The molecule has 1 aliphatic carbocycles. The van der Waals surface area contributed by atoms with Gasteiger partial charge in [-0.25, -0.2) is 4.79 Å². The van der Waals surface area contributed by atoms with Gasteiger partial charge >= 0.3 is 6.03 Å². The summed E-state index contributed by atoms with van der Waals surface area (Å²) in [5.41, 5.74) is 0.0486. The molecule has 0 radical (unpaired) electrons. The van der Waals surface area contributed by atoms with Gasteiger partial charge in [0, 0.05) is 12.1 Å². The molecule has 0 aliphatic heterocycles. The van der Waals surface area contributed by atoms with Gasteiger partial charge < -0.3 is 10.2 Å². The zero-order chi connectivity index (χ0) is 13.1. The van der Waals surface area contributed by atoms with Crippen LogP contribution in [0.5, 0.6) is 0 Å². The summed E-state index contributed by atoms with van der Waals surface area (Å²) in [7, 11) is 4.01. The molecule has 1 saturated carbocycles. The van der Waals surface area contributed by atoms with Crippen LogP contribution in [-0.2, 0) is 4.79 Å². The van der Waals surface area contributed by atoms with E-state index in [9.17, 15) is 9.59 Å². The average Bonchev–Trinajstić information content (AvgIpc) is 2.14. The number of alkyl halides is 1. The van der Waals surface area contributed by atoms with Crippen LogP contribution >= 0.6 is 11.6 Å². The maximum atomic E-state index is 11.4. The van der Waals surface area contributed by atoms with E-state index in [1.54, 1.807) is 0 Å². The highest BCUT2D eigenvalue weighted by atomic mass is 35.5. The Bertz CT molecular complexity index is 301. The number of imide groups is 1. The third-order valence-corrected chi connectivity index (χ3v) is 3.61. The summed E-state index contributed by atoms with van der Waals surface area (Å²) in [5.74, 6) is -0.475. The first-order valence-electron chi connectivity index (χ1n) is 5.77. The molecule has 1 rings (SSSR count). The van der Waals surface area contributed by atoms with Crippen molar-refractivity contribution in [3.63, 3.8) is 0 Å². The summed E-state index contributed by atoms with van der Waals surface area (Å²) in [6.07, 6.45) is 3.32. The van der Waals surface area contributed by atoms with Crippen LogP contribution in [0.15, 0.2) is 0 Å². The smallest absolute Gasteiger partial charge is 0.321 e. The second-order valence-electron chi connectivity index (χ2n) is 4.76. The van der Waals surface area contributed by atoms with Crippen LogP contribution in [0.25, 0.3) is 0 Å². The highest BCUT2D eigenvalue weighted by Crippen LogP contribution is 2.35. The lowest BCUT2D eigenvalue weighted by Gasteiger charge is -2.47. The molecule has 0 bridgehead atoms. The Kier molecular flexibility index (Phi) is 4.77. The minimum Gasteiger partial charge on any atom is -0.336 e. The van der Waals surface area contributed by atoms with Crippen LogP contribution in [0.1, 0.15) is 26.2 Å². The number of rotatable bonds is 4. The van der Waals surface area contributed by atoms with Crippen molar-refractivity contribution in [2.75, 3.05) is 20.6 Å². The molecule has 0 aromatic rings. The van der Waals surface area contributed by atoms with Gasteiger partial charge in [0.05, 0.1) is 0 Å². The fourth-order valence-corrected chi connectivity index (χ4v) is 1.92. The first kappa shape index (κ1) is 14.3. The molecule has 1 unspecified atom stereocenters. The third-order valence-electron chi connectivity index (χ3n) is 3.41. The Balaban J connectivity index is 2.35. The molecule has 0 saturated heterocycles. The number of nitrogens with one attached hydrogen (secondary N) is 2. The van der Waals surface area contributed by atoms with E-state index < -0.39 is 17.3 Å². The van der Waals surface area contributed by atoms with Crippen LogP contribution in [-0.4, -0.2) is 48.4 Å². The molecule has 0 aromatic heterocycles. The van der Waals surface area contributed by atoms with Crippen molar-refractivity contribution in [3.05, 3.63) is 0 Å². The van der Waals surface area contributed by atoms with Gasteiger partial charge in [-0.2, -0.15) is 0 Å². The minimum absolute atomic E-state index is 0.0486. The fourth-order valence-electron chi connectivity index (χ4n) is 1.87. The summed E-state index contributed by atoms with van der Waals surface area (Å²) in [6.45, 7) is 2.08. The first-order chi connectivity index (χ1) is 7.87. The summed E-state index contributed by atoms with van der Waals surface area (Å²) < 4.78 is 0. The lowest BCUT2D eigenvalue weighted by atomic mass is 9.75. The SMILES string of the molecule is CC(Cl)C(=O)NC(=O)NCC1(N(C)C)CCC1. The van der Waals surface area contributed by atoms with Crippen molar-refractivity contribution >= 4 is 23.5 Å². The molecule has 2 N–H and O–H groups in total. The Labute approximate surface area is 107 Å². The van der Waals surface area contributed by atoms with E-state index in [-0.39, 0.29) is 5.54 Å². The number of amides is 3. The standard InChI is InChI=1S/C11H20ClN3O2/c1-8(12)9(16)14-10(17)13-7-11(15(2)3)5-4-6-11/h8H,4-7H2,1-3H3,(H2,13,14,16,17). The van der Waals surface area contributed by atoms with E-state index in [2.05, 4.69) is 15.5 Å². The van der Waals surface area contributed by atoms with Crippen LogP contribution in [0.4, 0.5) is 4.79 Å². The van der Waals surface area contributed by atoms with Gasteiger partial charge in [-0.05, 0) is 40.3 Å². The van der Waals surface area contributed by atoms with Gasteiger partial charge in [0.15, 0.2) is 0 Å². The molecule has 6 heteroatoms. The number of halogens is 1. The fraction of sp³-hybridized carbons (Fsp3) is 0.818. The molecule has 1 atom stereocenters. The number of hydrogen-bond donors (Lipinski definition) is 2. The van der Waals surface area contributed by atoms with Crippen LogP contribution < -0.4 is 10.6 Å². The van der Waals surface area contributed by atoms with E-state index in [1.807, 2.05) is 14.1 Å². The molecule has 1 aliphatic rings. The normalized spacial score (nSPS) is 19.4. The van der Waals surface area contributed by atoms with E-state index in [0.29, 0.717) is 6.54 Å². The van der Waals surface area contributed by atoms with Gasteiger partial charge in [-0.1, -0.05) is 0 Å². The van der Waals surface area contributed by atoms with Crippen LogP contribution in [0.2, 0.25) is 0 Å². The summed E-state index contributed by atoms with van der Waals surface area (Å²) in [4.78, 5) is 24.8. The molecule has 0 aromatic carbocycles. The lowest BCUT2D eigenvalue weighted by molar-refractivity contribution is -0.119. The lowest BCUT2D eigenvalue weighted by Crippen LogP contribution is -2.58. The molecule has 98 valence electrons. The zero-order valence-corrected chi connectivity index (χ0v) is 11.3. The number of hydrogen-bond acceptors (Lipinski definition) is 3. The second kappa shape index (κ2) is 5.69. The van der Waals surface area contributed by atoms with Gasteiger partial charge in [-0.15, -0.1) is 11.6 Å². The summed E-state index contributed by atoms with van der Waals surface area (Å²) >= 11 is 5.55. The number of carbonyl (C=O) groups excluding carboxylic acids is 2. The molecule has 0 heterocycles. The molecule has 5 nitrogen and oxygen atoms in total. The predicted octanol–water partition coefficient (Wildman–Crippen LogP) is 0.924. The van der Waals surface area contributed by atoms with Gasteiger partial charge in [-0.3, -0.25) is 10.1 Å². The number of likely N-dealkylation sites (N-methyl/N-ethyl adjacent to an activating group) is 1. The summed E-state index contributed by atoms with van der Waals surface area (Å²) in [5, 5.41) is 4.22. The second-order valence-corrected chi connectivity index (χ2v) is 5.41. The van der Waals surface area contributed by atoms with Crippen molar-refractivity contribution in [2.24, 2.45) is 0 Å². The minimum atomic E-state index is -0.702. The highest BCUT2D eigenvalue weighted by molar-refractivity contribution is 6.31. The maximum absolute atomic E-state index is 11.4. The quantitative estimate of drug-likeness (QED) is 0.740. The Hall–Kier alpha value is -0.810. The molecular weight excluding hydrogens is 242 g/mol. The molecular formula is C11H20ClN3O2. The molecule has 17 heavy (non-hydrogen) atoms. The Morgan fingerprint density at radius 3 is 2.35 bits per heavy atom. The van der Waals surface area contributed by atoms with E-state index in [0.717, 1.165) is 12.8 Å². The number of carbonyl (C=O) groups is 2. The maximum Gasteiger partial charge on any atom is 0.321 e. The largest absolute Gasteiger partial charge is 0.336 e. The first-order valence-corrected chi connectivity index (χ1v) is 6.21. The number of nitrogens with zero attached hydrogens (tertiary/aromatic N) is 1. The van der Waals surface area contributed by atoms with Gasteiger partial charge in [0.2, 0.25) is 5.91 Å². The van der Waals surface area contributed by atoms with Crippen LogP contribution in [0.3, 0.4) is 0 Å². The Morgan fingerprint density at radius 1 is 1.41 bits per heavy atom. The van der Waals surface area contributed by atoms with Crippen LogP contribution in [0, 0.1) is 0 Å². The highest BCUT2D eigenvalue weighted by Gasteiger charge is 2.39. The van der Waals surface area contributed by atoms with Crippen molar-refractivity contribution < 1.29 is 9.59 Å². The molecule has 3 amide bonds. The van der Waals surface area contributed by atoms with E-state index in [4.69, 9.17) is 11.6 Å². The van der Waals surface area contributed by atoms with Gasteiger partial charge in [0.25, 0.3) is 0 Å². The predicted molar refractivity (Wildman–Crippen MR) is 67.1 cm³/mol. The monoisotopic (exact) mass is 261 g/mol. The van der Waals surface area contributed by atoms with Crippen molar-refractivity contribution in [1.29, 1.82) is 0 Å². The van der Waals surface area contributed by atoms with Crippen molar-refractivity contribution in [1.82, 2.24) is 15.5 Å². The van der Waals surface area contributed by atoms with Crippen molar-refractivity contribution in [2.45, 2.75) is 37.1 Å². The van der Waals surface area contributed by atoms with Gasteiger partial charge in [0.1, 0.15) is 5.38 Å². The third kappa shape index (κ3) is 3.57. The zero-order valence-electron chi connectivity index (χ0n) is 10.5. The van der Waals surface area contributed by atoms with E-state index in [1.165, 1.54) is 13.3 Å². The van der Waals surface area contributed by atoms with Crippen molar-refractivity contribution in [3.8, 4) is 0 Å². The van der Waals surface area contributed by atoms with E-state index >= 15 is 0 Å². The molecule has 0 spiro atoms. The summed E-state index contributed by atoms with van der Waals surface area (Å²) in [6, 6.07) is -0.476. The average molecular weight is 262 g/mol. The Morgan fingerprint density at radius 2 is 2.00 bits per heavy atom. The topological polar surface area (TPSA) is 61.4 Å². The number of urea groups is 1. The molecule has 1 fully saturated rings.